The van der Waals surface area contributed by atoms with Crippen molar-refractivity contribution in [1.82, 2.24) is 10.3 Å². The molecule has 0 saturated heterocycles. The summed E-state index contributed by atoms with van der Waals surface area (Å²) >= 11 is 9.64. The maximum absolute atomic E-state index is 6.06. The Kier molecular flexibility index (Phi) is 4.26. The normalized spacial score (nSPS) is 12.6. The molecule has 1 aromatic carbocycles. The second-order valence-electron chi connectivity index (χ2n) is 3.78. The van der Waals surface area contributed by atoms with Gasteiger partial charge in [0.15, 0.2) is 0 Å². The van der Waals surface area contributed by atoms with E-state index in [2.05, 4.69) is 39.2 Å². The van der Waals surface area contributed by atoms with Gasteiger partial charge in [-0.15, -0.1) is 0 Å². The van der Waals surface area contributed by atoms with Gasteiger partial charge < -0.3 is 10.3 Å². The Morgan fingerprint density at radius 2 is 2.24 bits per heavy atom. The Morgan fingerprint density at radius 1 is 1.41 bits per heavy atom. The van der Waals surface area contributed by atoms with E-state index in [1.165, 1.54) is 0 Å². The molecule has 2 rings (SSSR count). The van der Waals surface area contributed by atoms with Crippen molar-refractivity contribution in [3.05, 3.63) is 57.3 Å². The van der Waals surface area contributed by atoms with Gasteiger partial charge in [-0.1, -0.05) is 34.5 Å². The van der Waals surface area contributed by atoms with Crippen molar-refractivity contribution >= 4 is 27.5 Å². The summed E-state index contributed by atoms with van der Waals surface area (Å²) in [7, 11) is 0. The van der Waals surface area contributed by atoms with Crippen LogP contribution in [0.2, 0.25) is 5.02 Å². The molecule has 0 saturated carbocycles. The summed E-state index contributed by atoms with van der Waals surface area (Å²) in [5.74, 6) is 0. The minimum absolute atomic E-state index is 0.128. The molecule has 1 atom stereocenters. The van der Waals surface area contributed by atoms with Crippen LogP contribution in [0.3, 0.4) is 0 Å². The molecule has 90 valence electrons. The summed E-state index contributed by atoms with van der Waals surface area (Å²) in [6, 6.07) is 10.0. The van der Waals surface area contributed by atoms with Gasteiger partial charge >= 0.3 is 0 Å². The molecule has 1 heterocycles. The molecule has 0 fully saturated rings. The number of aromatic nitrogens is 1. The van der Waals surface area contributed by atoms with Crippen LogP contribution in [0.25, 0.3) is 0 Å². The maximum atomic E-state index is 6.06. The predicted octanol–water partition coefficient (Wildman–Crippen LogP) is 4.13. The molecule has 2 nitrogen and oxygen atoms in total. The van der Waals surface area contributed by atoms with Crippen molar-refractivity contribution in [3.63, 3.8) is 0 Å². The molecule has 1 aromatic heterocycles. The molecule has 0 aliphatic heterocycles. The lowest BCUT2D eigenvalue weighted by Gasteiger charge is -2.19. The summed E-state index contributed by atoms with van der Waals surface area (Å²) < 4.78 is 1.06. The monoisotopic (exact) mass is 312 g/mol. The SMILES string of the molecule is CCNC(c1ccc[nH]1)c1cc(Cl)ccc1Br. The molecule has 4 heteroatoms. The van der Waals surface area contributed by atoms with Crippen LogP contribution in [0, 0.1) is 0 Å². The fourth-order valence-corrected chi connectivity index (χ4v) is 2.51. The molecule has 0 spiro atoms. The fraction of sp³-hybridized carbons (Fsp3) is 0.231. The maximum Gasteiger partial charge on any atom is 0.0740 e. The first-order valence-corrected chi connectivity index (χ1v) is 6.71. The van der Waals surface area contributed by atoms with E-state index < -0.39 is 0 Å². The van der Waals surface area contributed by atoms with Crippen LogP contribution in [-0.4, -0.2) is 11.5 Å². The molecule has 0 aliphatic carbocycles. The molecule has 2 N–H and O–H groups in total. The van der Waals surface area contributed by atoms with E-state index in [0.29, 0.717) is 0 Å². The third-order valence-corrected chi connectivity index (χ3v) is 3.57. The highest BCUT2D eigenvalue weighted by Crippen LogP contribution is 2.30. The lowest BCUT2D eigenvalue weighted by atomic mass is 10.0. The molecule has 0 radical (unpaired) electrons. The highest BCUT2D eigenvalue weighted by Gasteiger charge is 2.16. The number of hydrogen-bond acceptors (Lipinski definition) is 1. The average Bonchev–Trinajstić information content (AvgIpc) is 2.83. The Bertz CT molecular complexity index is 482. The molecule has 1 unspecified atom stereocenters. The molecule has 0 bridgehead atoms. The van der Waals surface area contributed by atoms with E-state index in [-0.39, 0.29) is 6.04 Å². The molecular weight excluding hydrogens is 300 g/mol. The first-order valence-electron chi connectivity index (χ1n) is 5.54. The van der Waals surface area contributed by atoms with Crippen LogP contribution in [-0.2, 0) is 0 Å². The lowest BCUT2D eigenvalue weighted by molar-refractivity contribution is 0.616. The quantitative estimate of drug-likeness (QED) is 0.872. The van der Waals surface area contributed by atoms with Gasteiger partial charge in [-0.3, -0.25) is 0 Å². The first-order chi connectivity index (χ1) is 8.22. The van der Waals surface area contributed by atoms with Gasteiger partial charge in [0.2, 0.25) is 0 Å². The molecular formula is C13H14BrClN2. The van der Waals surface area contributed by atoms with Gasteiger partial charge in [0, 0.05) is 21.4 Å². The Morgan fingerprint density at radius 3 is 2.88 bits per heavy atom. The molecule has 0 amide bonds. The highest BCUT2D eigenvalue weighted by atomic mass is 79.9. The van der Waals surface area contributed by atoms with E-state index in [1.54, 1.807) is 0 Å². The van der Waals surface area contributed by atoms with Crippen LogP contribution in [0.15, 0.2) is 41.0 Å². The largest absolute Gasteiger partial charge is 0.363 e. The number of nitrogens with one attached hydrogen (secondary N) is 2. The first kappa shape index (κ1) is 12.7. The van der Waals surface area contributed by atoms with Crippen molar-refractivity contribution < 1.29 is 0 Å². The Balaban J connectivity index is 2.42. The van der Waals surface area contributed by atoms with Gasteiger partial charge in [-0.05, 0) is 42.4 Å². The zero-order valence-corrected chi connectivity index (χ0v) is 11.8. The van der Waals surface area contributed by atoms with Gasteiger partial charge in [-0.25, -0.2) is 0 Å². The summed E-state index contributed by atoms with van der Waals surface area (Å²) in [5, 5.41) is 4.20. The zero-order valence-electron chi connectivity index (χ0n) is 9.50. The third kappa shape index (κ3) is 2.92. The van der Waals surface area contributed by atoms with E-state index in [1.807, 2.05) is 30.5 Å². The number of aromatic amines is 1. The average molecular weight is 314 g/mol. The van der Waals surface area contributed by atoms with E-state index >= 15 is 0 Å². The smallest absolute Gasteiger partial charge is 0.0740 e. The van der Waals surface area contributed by atoms with Gasteiger partial charge in [0.05, 0.1) is 6.04 Å². The Hall–Kier alpha value is -0.770. The van der Waals surface area contributed by atoms with Crippen molar-refractivity contribution in [3.8, 4) is 0 Å². The van der Waals surface area contributed by atoms with Crippen LogP contribution >= 0.6 is 27.5 Å². The molecule has 0 aliphatic rings. The van der Waals surface area contributed by atoms with Crippen LogP contribution in [0.1, 0.15) is 24.2 Å². The van der Waals surface area contributed by atoms with Crippen molar-refractivity contribution in [1.29, 1.82) is 0 Å². The highest BCUT2D eigenvalue weighted by molar-refractivity contribution is 9.10. The molecule has 17 heavy (non-hydrogen) atoms. The summed E-state index contributed by atoms with van der Waals surface area (Å²) in [6.07, 6.45) is 1.93. The number of H-pyrrole nitrogens is 1. The summed E-state index contributed by atoms with van der Waals surface area (Å²) in [5.41, 5.74) is 2.27. The van der Waals surface area contributed by atoms with E-state index in [9.17, 15) is 0 Å². The number of hydrogen-bond donors (Lipinski definition) is 2. The number of rotatable bonds is 4. The third-order valence-electron chi connectivity index (χ3n) is 2.61. The Labute approximate surface area is 115 Å². The van der Waals surface area contributed by atoms with Crippen molar-refractivity contribution in [2.45, 2.75) is 13.0 Å². The van der Waals surface area contributed by atoms with Gasteiger partial charge in [0.25, 0.3) is 0 Å². The predicted molar refractivity (Wildman–Crippen MR) is 75.5 cm³/mol. The fourth-order valence-electron chi connectivity index (χ4n) is 1.85. The second-order valence-corrected chi connectivity index (χ2v) is 5.07. The van der Waals surface area contributed by atoms with Crippen molar-refractivity contribution in [2.24, 2.45) is 0 Å². The topological polar surface area (TPSA) is 27.8 Å². The van der Waals surface area contributed by atoms with E-state index in [0.717, 1.165) is 27.3 Å². The minimum Gasteiger partial charge on any atom is -0.363 e. The lowest BCUT2D eigenvalue weighted by Crippen LogP contribution is -2.22. The van der Waals surface area contributed by atoms with Crippen LogP contribution in [0.5, 0.6) is 0 Å². The summed E-state index contributed by atoms with van der Waals surface area (Å²) in [4.78, 5) is 3.24. The van der Waals surface area contributed by atoms with Gasteiger partial charge in [-0.2, -0.15) is 0 Å². The summed E-state index contributed by atoms with van der Waals surface area (Å²) in [6.45, 7) is 2.98. The van der Waals surface area contributed by atoms with Crippen LogP contribution in [0.4, 0.5) is 0 Å². The standard InChI is InChI=1S/C13H14BrClN2/c1-2-16-13(12-4-3-7-17-12)10-8-9(15)5-6-11(10)14/h3-8,13,16-17H,2H2,1H3. The number of halogens is 2. The minimum atomic E-state index is 0.128. The second kappa shape index (κ2) is 5.71. The van der Waals surface area contributed by atoms with E-state index in [4.69, 9.17) is 11.6 Å². The zero-order chi connectivity index (χ0) is 12.3. The van der Waals surface area contributed by atoms with Gasteiger partial charge in [0.1, 0.15) is 0 Å². The number of benzene rings is 1. The molecule has 2 aromatic rings. The van der Waals surface area contributed by atoms with Crippen molar-refractivity contribution in [2.75, 3.05) is 6.54 Å². The van der Waals surface area contributed by atoms with Crippen LogP contribution < -0.4 is 5.32 Å².